The van der Waals surface area contributed by atoms with E-state index in [1.807, 2.05) is 6.92 Å². The summed E-state index contributed by atoms with van der Waals surface area (Å²) in [6, 6.07) is 0. The standard InChI is InChI=1S/C20H26O7/c1-10(2)8-13(21)24-12-9-19(5,23)20-7-6-18(4,26-27-20)16(20)15-14(12)11(3)17(22)25-15/h8,12,14-16,23H,3,6-7,9H2,1-2,4-5H3. The highest BCUT2D eigenvalue weighted by Crippen LogP contribution is 2.64. The van der Waals surface area contributed by atoms with Crippen molar-refractivity contribution in [2.75, 3.05) is 0 Å². The summed E-state index contributed by atoms with van der Waals surface area (Å²) in [7, 11) is 0. The monoisotopic (exact) mass is 378 g/mol. The Morgan fingerprint density at radius 3 is 2.59 bits per heavy atom. The molecule has 2 aliphatic heterocycles. The molecule has 0 radical (unpaired) electrons. The molecule has 7 unspecified atom stereocenters. The van der Waals surface area contributed by atoms with E-state index in [2.05, 4.69) is 6.58 Å². The Kier molecular flexibility index (Phi) is 3.91. The molecule has 1 N–H and O–H groups in total. The smallest absolute Gasteiger partial charge is 0.334 e. The van der Waals surface area contributed by atoms with Crippen molar-refractivity contribution < 1.29 is 33.9 Å². The highest BCUT2D eigenvalue weighted by atomic mass is 17.2. The van der Waals surface area contributed by atoms with Crippen LogP contribution < -0.4 is 0 Å². The molecule has 7 atom stereocenters. The lowest BCUT2D eigenvalue weighted by molar-refractivity contribution is -0.394. The second-order valence-corrected chi connectivity index (χ2v) is 8.94. The van der Waals surface area contributed by atoms with Crippen molar-refractivity contribution >= 4 is 11.9 Å². The fraction of sp³-hybridized carbons (Fsp3) is 0.700. The molecule has 2 aliphatic carbocycles. The highest BCUT2D eigenvalue weighted by Gasteiger charge is 2.77. The quantitative estimate of drug-likeness (QED) is 0.446. The molecule has 27 heavy (non-hydrogen) atoms. The van der Waals surface area contributed by atoms with Gasteiger partial charge in [0.15, 0.2) is 0 Å². The van der Waals surface area contributed by atoms with E-state index in [-0.39, 0.29) is 17.9 Å². The lowest BCUT2D eigenvalue weighted by Crippen LogP contribution is -2.56. The summed E-state index contributed by atoms with van der Waals surface area (Å²) in [5, 5.41) is 11.4. The Labute approximate surface area is 158 Å². The van der Waals surface area contributed by atoms with Gasteiger partial charge in [-0.1, -0.05) is 12.2 Å². The number of esters is 2. The topological polar surface area (TPSA) is 91.3 Å². The molecule has 0 aromatic rings. The fourth-order valence-electron chi connectivity index (χ4n) is 5.45. The Balaban J connectivity index is 1.78. The first kappa shape index (κ1) is 18.7. The summed E-state index contributed by atoms with van der Waals surface area (Å²) < 4.78 is 11.4. The van der Waals surface area contributed by atoms with Gasteiger partial charge in [-0.05, 0) is 40.5 Å². The van der Waals surface area contributed by atoms with Gasteiger partial charge < -0.3 is 14.6 Å². The second-order valence-electron chi connectivity index (χ2n) is 8.94. The maximum atomic E-state index is 12.3. The Morgan fingerprint density at radius 2 is 2.00 bits per heavy atom. The number of fused-ring (bicyclic) bond motifs is 1. The van der Waals surface area contributed by atoms with Gasteiger partial charge in [0, 0.05) is 18.1 Å². The molecule has 0 amide bonds. The average Bonchev–Trinajstić information content (AvgIpc) is 3.09. The maximum Gasteiger partial charge on any atom is 0.334 e. The summed E-state index contributed by atoms with van der Waals surface area (Å²) in [6.45, 7) is 11.1. The van der Waals surface area contributed by atoms with Gasteiger partial charge in [0.1, 0.15) is 23.4 Å². The number of aliphatic hydroxyl groups is 1. The van der Waals surface area contributed by atoms with E-state index in [9.17, 15) is 14.7 Å². The molecule has 4 fully saturated rings. The van der Waals surface area contributed by atoms with Crippen LogP contribution in [0.4, 0.5) is 0 Å². The minimum Gasteiger partial charge on any atom is -0.458 e. The third-order valence-electron chi connectivity index (χ3n) is 6.71. The molecule has 2 saturated carbocycles. The van der Waals surface area contributed by atoms with E-state index in [0.717, 1.165) is 5.57 Å². The van der Waals surface area contributed by atoms with Gasteiger partial charge in [-0.3, -0.25) is 0 Å². The molecule has 7 heteroatoms. The SMILES string of the molecule is C=C1C(=O)OC2C1C(OC(=O)C=C(C)C)CC(C)(O)C13CCC(C)(OO1)C23. The van der Waals surface area contributed by atoms with Gasteiger partial charge in [0.2, 0.25) is 0 Å². The van der Waals surface area contributed by atoms with E-state index >= 15 is 0 Å². The van der Waals surface area contributed by atoms with Crippen LogP contribution in [-0.2, 0) is 28.8 Å². The Hall–Kier alpha value is -1.70. The number of allylic oxidation sites excluding steroid dienone is 1. The van der Waals surface area contributed by atoms with E-state index in [1.54, 1.807) is 20.8 Å². The number of hydrogen-bond acceptors (Lipinski definition) is 7. The average molecular weight is 378 g/mol. The predicted octanol–water partition coefficient (Wildman–Crippen LogP) is 1.99. The van der Waals surface area contributed by atoms with Gasteiger partial charge >= 0.3 is 11.9 Å². The lowest BCUT2D eigenvalue weighted by atomic mass is 9.72. The molecule has 4 rings (SSSR count). The van der Waals surface area contributed by atoms with Crippen molar-refractivity contribution in [2.24, 2.45) is 11.8 Å². The normalized spacial score (nSPS) is 47.7. The van der Waals surface area contributed by atoms with E-state index < -0.39 is 46.9 Å². The fourth-order valence-corrected chi connectivity index (χ4v) is 5.45. The molecule has 2 bridgehead atoms. The van der Waals surface area contributed by atoms with Crippen molar-refractivity contribution in [1.82, 2.24) is 0 Å². The second kappa shape index (κ2) is 5.65. The van der Waals surface area contributed by atoms with Gasteiger partial charge in [-0.2, -0.15) is 0 Å². The molecule has 2 heterocycles. The van der Waals surface area contributed by atoms with Crippen LogP contribution in [0.3, 0.4) is 0 Å². The van der Waals surface area contributed by atoms with Crippen LogP contribution >= 0.6 is 0 Å². The van der Waals surface area contributed by atoms with Crippen molar-refractivity contribution in [3.8, 4) is 0 Å². The van der Waals surface area contributed by atoms with Crippen LogP contribution in [0, 0.1) is 11.8 Å². The summed E-state index contributed by atoms with van der Waals surface area (Å²) in [5.74, 6) is -1.94. The molecular weight excluding hydrogens is 352 g/mol. The number of hydrogen-bond donors (Lipinski definition) is 1. The molecule has 0 spiro atoms. The molecule has 0 aromatic heterocycles. The molecule has 4 aliphatic rings. The van der Waals surface area contributed by atoms with Crippen molar-refractivity contribution in [3.63, 3.8) is 0 Å². The van der Waals surface area contributed by atoms with Crippen LogP contribution in [0.5, 0.6) is 0 Å². The largest absolute Gasteiger partial charge is 0.458 e. The van der Waals surface area contributed by atoms with Gasteiger partial charge in [0.25, 0.3) is 0 Å². The van der Waals surface area contributed by atoms with E-state index in [1.165, 1.54) is 6.08 Å². The van der Waals surface area contributed by atoms with Gasteiger partial charge in [-0.25, -0.2) is 19.4 Å². The zero-order valence-corrected chi connectivity index (χ0v) is 16.1. The molecule has 7 nitrogen and oxygen atoms in total. The zero-order valence-electron chi connectivity index (χ0n) is 16.1. The first-order valence-corrected chi connectivity index (χ1v) is 9.35. The molecule has 2 saturated heterocycles. The minimum absolute atomic E-state index is 0.0993. The minimum atomic E-state index is -1.33. The van der Waals surface area contributed by atoms with Crippen LogP contribution in [-0.4, -0.2) is 46.1 Å². The summed E-state index contributed by atoms with van der Waals surface area (Å²) >= 11 is 0. The maximum absolute atomic E-state index is 12.3. The van der Waals surface area contributed by atoms with Crippen LogP contribution in [0.25, 0.3) is 0 Å². The Morgan fingerprint density at radius 1 is 1.30 bits per heavy atom. The molecule has 148 valence electrons. The number of carbonyl (C=O) groups excluding carboxylic acids is 2. The van der Waals surface area contributed by atoms with Crippen LogP contribution in [0.15, 0.2) is 23.8 Å². The lowest BCUT2D eigenvalue weighted by Gasteiger charge is -2.41. The van der Waals surface area contributed by atoms with Gasteiger partial charge in [-0.15, -0.1) is 0 Å². The van der Waals surface area contributed by atoms with Crippen LogP contribution in [0.2, 0.25) is 0 Å². The first-order valence-electron chi connectivity index (χ1n) is 9.35. The highest BCUT2D eigenvalue weighted by molar-refractivity contribution is 5.91. The third kappa shape index (κ3) is 2.45. The van der Waals surface area contributed by atoms with Crippen molar-refractivity contribution in [1.29, 1.82) is 0 Å². The Bertz CT molecular complexity index is 737. The summed E-state index contributed by atoms with van der Waals surface area (Å²) in [5.41, 5.74) is -1.98. The van der Waals surface area contributed by atoms with Crippen molar-refractivity contribution in [3.05, 3.63) is 23.8 Å². The third-order valence-corrected chi connectivity index (χ3v) is 6.71. The van der Waals surface area contributed by atoms with Crippen molar-refractivity contribution in [2.45, 2.75) is 76.0 Å². The van der Waals surface area contributed by atoms with Gasteiger partial charge in [0.05, 0.1) is 17.4 Å². The van der Waals surface area contributed by atoms with E-state index in [0.29, 0.717) is 12.8 Å². The number of carbonyl (C=O) groups is 2. The number of ether oxygens (including phenoxy) is 2. The molecule has 0 aromatic carbocycles. The van der Waals surface area contributed by atoms with Crippen LogP contribution in [0.1, 0.15) is 47.0 Å². The zero-order chi connectivity index (χ0) is 19.8. The molecular formula is C20H26O7. The summed E-state index contributed by atoms with van der Waals surface area (Å²) in [4.78, 5) is 36.0. The predicted molar refractivity (Wildman–Crippen MR) is 93.1 cm³/mol. The first-order chi connectivity index (χ1) is 12.5. The number of rotatable bonds is 2. The summed E-state index contributed by atoms with van der Waals surface area (Å²) in [6.07, 6.45) is 1.37. The van der Waals surface area contributed by atoms with E-state index in [4.69, 9.17) is 19.2 Å².